The Kier molecular flexibility index (Phi) is 6.49. The number of alkyl halides is 2. The van der Waals surface area contributed by atoms with Crippen LogP contribution < -0.4 is 4.74 Å². The number of carbonyl (C=O) groups is 2. The van der Waals surface area contributed by atoms with Gasteiger partial charge >= 0.3 is 12.7 Å². The number of piperidine rings is 2. The number of para-hydroxylation sites is 1. The van der Waals surface area contributed by atoms with Crippen molar-refractivity contribution >= 4 is 11.9 Å². The van der Waals surface area contributed by atoms with Crippen LogP contribution in [-0.4, -0.2) is 35.5 Å². The van der Waals surface area contributed by atoms with Gasteiger partial charge in [0, 0.05) is 18.0 Å². The van der Waals surface area contributed by atoms with Crippen molar-refractivity contribution in [2.45, 2.75) is 57.4 Å². The first-order chi connectivity index (χ1) is 15.0. The maximum atomic E-state index is 13.2. The third kappa shape index (κ3) is 4.86. The Morgan fingerprint density at radius 1 is 0.968 bits per heavy atom. The second-order valence-electron chi connectivity index (χ2n) is 8.09. The van der Waals surface area contributed by atoms with Gasteiger partial charge < -0.3 is 14.4 Å². The minimum Gasteiger partial charge on any atom is -0.445 e. The second kappa shape index (κ2) is 9.45. The lowest BCUT2D eigenvalue weighted by Crippen LogP contribution is -2.55. The Bertz CT molecular complexity index is 907. The number of hydrogen-bond acceptors (Lipinski definition) is 4. The van der Waals surface area contributed by atoms with Crippen molar-refractivity contribution in [1.29, 1.82) is 0 Å². The van der Waals surface area contributed by atoms with Gasteiger partial charge in [-0.25, -0.2) is 4.79 Å². The molecule has 1 amide bonds. The number of ether oxygens (including phenoxy) is 2. The summed E-state index contributed by atoms with van der Waals surface area (Å²) in [5.41, 5.74) is 1.09. The predicted molar refractivity (Wildman–Crippen MR) is 110 cm³/mol. The van der Waals surface area contributed by atoms with Crippen molar-refractivity contribution in [1.82, 2.24) is 4.90 Å². The summed E-state index contributed by atoms with van der Waals surface area (Å²) < 4.78 is 35.6. The molecule has 0 aromatic heterocycles. The summed E-state index contributed by atoms with van der Waals surface area (Å²) in [6, 6.07) is 15.4. The molecule has 2 saturated heterocycles. The Balaban J connectivity index is 1.45. The molecule has 5 nitrogen and oxygen atoms in total. The molecule has 31 heavy (non-hydrogen) atoms. The number of hydrogen-bond donors (Lipinski definition) is 0. The van der Waals surface area contributed by atoms with Crippen LogP contribution >= 0.6 is 0 Å². The minimum atomic E-state index is -2.99. The van der Waals surface area contributed by atoms with E-state index < -0.39 is 6.61 Å². The van der Waals surface area contributed by atoms with Gasteiger partial charge in [0.2, 0.25) is 0 Å². The summed E-state index contributed by atoms with van der Waals surface area (Å²) in [5.74, 6) is -0.640. The maximum absolute atomic E-state index is 13.2. The summed E-state index contributed by atoms with van der Waals surface area (Å²) in [5, 5.41) is 0. The average molecular weight is 429 g/mol. The number of amides is 1. The van der Waals surface area contributed by atoms with Gasteiger partial charge in [0.15, 0.2) is 5.78 Å². The van der Waals surface area contributed by atoms with E-state index in [1.807, 2.05) is 30.3 Å². The predicted octanol–water partition coefficient (Wildman–Crippen LogP) is 5.44. The number of fused-ring (bicyclic) bond motifs is 2. The third-order valence-electron chi connectivity index (χ3n) is 6.13. The van der Waals surface area contributed by atoms with Crippen LogP contribution in [-0.2, 0) is 11.3 Å². The van der Waals surface area contributed by atoms with Crippen molar-refractivity contribution in [3.05, 3.63) is 65.7 Å². The van der Waals surface area contributed by atoms with Crippen LogP contribution in [0.1, 0.15) is 48.0 Å². The molecule has 2 unspecified atom stereocenters. The fraction of sp³-hybridized carbons (Fsp3) is 0.417. The average Bonchev–Trinajstić information content (AvgIpc) is 2.77. The van der Waals surface area contributed by atoms with Crippen LogP contribution in [0.25, 0.3) is 0 Å². The first-order valence-corrected chi connectivity index (χ1v) is 10.6. The van der Waals surface area contributed by atoms with E-state index in [0.717, 1.165) is 24.8 Å². The van der Waals surface area contributed by atoms with Crippen LogP contribution in [0.15, 0.2) is 54.6 Å². The molecule has 2 aromatic carbocycles. The molecular weight excluding hydrogens is 404 g/mol. The van der Waals surface area contributed by atoms with E-state index in [2.05, 4.69) is 4.74 Å². The Morgan fingerprint density at radius 3 is 2.29 bits per heavy atom. The lowest BCUT2D eigenvalue weighted by atomic mass is 9.75. The topological polar surface area (TPSA) is 55.8 Å². The molecule has 4 rings (SSSR count). The molecule has 2 bridgehead atoms. The highest BCUT2D eigenvalue weighted by Gasteiger charge is 2.44. The van der Waals surface area contributed by atoms with Crippen molar-refractivity contribution in [2.75, 3.05) is 0 Å². The van der Waals surface area contributed by atoms with Crippen molar-refractivity contribution < 1.29 is 27.8 Å². The fourth-order valence-electron chi connectivity index (χ4n) is 4.78. The highest BCUT2D eigenvalue weighted by molar-refractivity contribution is 6.00. The number of ketones is 1. The SMILES string of the molecule is O=C(c1ccccc1OC(F)F)C1CC2CCCC(C1)N2C(=O)OCc1ccccc1. The minimum absolute atomic E-state index is 0.0899. The van der Waals surface area contributed by atoms with Crippen molar-refractivity contribution in [3.63, 3.8) is 0 Å². The summed E-state index contributed by atoms with van der Waals surface area (Å²) in [4.78, 5) is 27.8. The number of nitrogens with zero attached hydrogens (tertiary/aromatic N) is 1. The molecule has 2 aromatic rings. The number of rotatable bonds is 6. The largest absolute Gasteiger partial charge is 0.445 e. The van der Waals surface area contributed by atoms with Crippen LogP contribution in [0, 0.1) is 5.92 Å². The first kappa shape index (κ1) is 21.3. The van der Waals surface area contributed by atoms with Gasteiger partial charge in [0.05, 0.1) is 5.56 Å². The van der Waals surface area contributed by atoms with Crippen molar-refractivity contribution in [2.24, 2.45) is 5.92 Å². The second-order valence-corrected chi connectivity index (χ2v) is 8.09. The van der Waals surface area contributed by atoms with E-state index in [1.165, 1.54) is 12.1 Å². The first-order valence-electron chi connectivity index (χ1n) is 10.6. The zero-order valence-electron chi connectivity index (χ0n) is 17.1. The number of Topliss-reactive ketones (excluding diaryl/α,β-unsaturated/α-hetero) is 1. The lowest BCUT2D eigenvalue weighted by Gasteiger charge is -2.47. The van der Waals surface area contributed by atoms with E-state index in [9.17, 15) is 18.4 Å². The van der Waals surface area contributed by atoms with Gasteiger partial charge in [-0.15, -0.1) is 0 Å². The summed E-state index contributed by atoms with van der Waals surface area (Å²) in [7, 11) is 0. The Hall–Kier alpha value is -2.96. The molecule has 7 heteroatoms. The Morgan fingerprint density at radius 2 is 1.61 bits per heavy atom. The van der Waals surface area contributed by atoms with Crippen LogP contribution in [0.3, 0.4) is 0 Å². The van der Waals surface area contributed by atoms with E-state index in [-0.39, 0.29) is 47.8 Å². The standard InChI is InChI=1S/C24H25F2NO4/c25-23(26)31-21-12-5-4-11-20(21)22(28)17-13-18-9-6-10-19(14-17)27(18)24(29)30-15-16-7-2-1-3-8-16/h1-5,7-8,11-12,17-19,23H,6,9-10,13-15H2. The lowest BCUT2D eigenvalue weighted by molar-refractivity contribution is -0.0503. The smallest absolute Gasteiger partial charge is 0.410 e. The molecule has 2 fully saturated rings. The van der Waals surface area contributed by atoms with E-state index in [1.54, 1.807) is 17.0 Å². The van der Waals surface area contributed by atoms with Gasteiger partial charge in [-0.2, -0.15) is 8.78 Å². The number of halogens is 2. The molecule has 0 aliphatic carbocycles. The van der Waals surface area contributed by atoms with Crippen LogP contribution in [0.4, 0.5) is 13.6 Å². The van der Waals surface area contributed by atoms with Gasteiger partial charge in [-0.3, -0.25) is 4.79 Å². The number of carbonyl (C=O) groups excluding carboxylic acids is 2. The zero-order chi connectivity index (χ0) is 21.8. The molecule has 2 aliphatic heterocycles. The highest BCUT2D eigenvalue weighted by Crippen LogP contribution is 2.39. The number of benzene rings is 2. The molecule has 2 atom stereocenters. The molecule has 2 aliphatic rings. The van der Waals surface area contributed by atoms with Crippen molar-refractivity contribution in [3.8, 4) is 5.75 Å². The highest BCUT2D eigenvalue weighted by atomic mass is 19.3. The molecule has 0 saturated carbocycles. The Labute approximate surface area is 179 Å². The van der Waals surface area contributed by atoms with Gasteiger partial charge in [-0.1, -0.05) is 42.5 Å². The molecule has 164 valence electrons. The third-order valence-corrected chi connectivity index (χ3v) is 6.13. The maximum Gasteiger partial charge on any atom is 0.410 e. The molecule has 0 N–H and O–H groups in total. The van der Waals surface area contributed by atoms with Crippen LogP contribution in [0.2, 0.25) is 0 Å². The quantitative estimate of drug-likeness (QED) is 0.574. The van der Waals surface area contributed by atoms with E-state index >= 15 is 0 Å². The summed E-state index contributed by atoms with van der Waals surface area (Å²) in [6.07, 6.45) is 3.23. The van der Waals surface area contributed by atoms with Crippen LogP contribution in [0.5, 0.6) is 5.75 Å². The summed E-state index contributed by atoms with van der Waals surface area (Å²) >= 11 is 0. The van der Waals surface area contributed by atoms with E-state index in [0.29, 0.717) is 12.8 Å². The summed E-state index contributed by atoms with van der Waals surface area (Å²) in [6.45, 7) is -2.79. The van der Waals surface area contributed by atoms with Gasteiger partial charge in [0.25, 0.3) is 0 Å². The normalized spacial score (nSPS) is 22.8. The molecule has 0 spiro atoms. The molecule has 2 heterocycles. The molecule has 0 radical (unpaired) electrons. The van der Waals surface area contributed by atoms with E-state index in [4.69, 9.17) is 4.74 Å². The molecular formula is C24H25F2NO4. The van der Waals surface area contributed by atoms with Gasteiger partial charge in [-0.05, 0) is 49.8 Å². The van der Waals surface area contributed by atoms with Gasteiger partial charge in [0.1, 0.15) is 12.4 Å². The zero-order valence-corrected chi connectivity index (χ0v) is 17.1. The monoisotopic (exact) mass is 429 g/mol. The fourth-order valence-corrected chi connectivity index (χ4v) is 4.78.